The van der Waals surface area contributed by atoms with Gasteiger partial charge in [0.1, 0.15) is 0 Å². The molecule has 0 amide bonds. The molecule has 0 radical (unpaired) electrons. The van der Waals surface area contributed by atoms with Crippen molar-refractivity contribution in [2.24, 2.45) is 0 Å². The van der Waals surface area contributed by atoms with Gasteiger partial charge in [-0.2, -0.15) is 8.78 Å². The van der Waals surface area contributed by atoms with E-state index in [1.807, 2.05) is 0 Å². The molecule has 2 nitrogen and oxygen atoms in total. The van der Waals surface area contributed by atoms with Gasteiger partial charge >= 0.3 is 17.8 Å². The molecule has 0 aromatic heterocycles. The van der Waals surface area contributed by atoms with Crippen LogP contribution in [0.25, 0.3) is 0 Å². The average Bonchev–Trinajstić information content (AvgIpc) is 2.81. The molecular weight excluding hydrogens is 464 g/mol. The highest BCUT2D eigenvalue weighted by atomic mass is 32.2. The van der Waals surface area contributed by atoms with Crippen LogP contribution in [0.15, 0.2) is 106 Å². The van der Waals surface area contributed by atoms with Crippen LogP contribution in [0, 0.1) is 0 Å². The predicted octanol–water partition coefficient (Wildman–Crippen LogP) is 7.79. The lowest BCUT2D eigenvalue weighted by molar-refractivity contribution is -0.201. The lowest BCUT2D eigenvalue weighted by Gasteiger charge is -2.22. The molecule has 0 heterocycles. The van der Waals surface area contributed by atoms with Crippen molar-refractivity contribution in [1.29, 1.82) is 0 Å². The first-order valence-electron chi connectivity index (χ1n) is 10.9. The minimum atomic E-state index is -4.01. The van der Waals surface area contributed by atoms with Crippen LogP contribution in [0.1, 0.15) is 33.1 Å². The first kappa shape index (κ1) is 27.4. The molecule has 3 rings (SSSR count). The van der Waals surface area contributed by atoms with E-state index in [2.05, 4.69) is 95.7 Å². The van der Waals surface area contributed by atoms with Crippen LogP contribution >= 0.6 is 0 Å². The van der Waals surface area contributed by atoms with E-state index in [4.69, 9.17) is 0 Å². The molecule has 0 fully saturated rings. The van der Waals surface area contributed by atoms with Gasteiger partial charge < -0.3 is 4.74 Å². The monoisotopic (exact) mass is 493 g/mol. The second-order valence-electron chi connectivity index (χ2n) is 7.64. The molecule has 0 bridgehead atoms. The highest BCUT2D eigenvalue weighted by Gasteiger charge is 2.51. The summed E-state index contributed by atoms with van der Waals surface area (Å²) in [5.74, 6) is -8.51. The standard InChI is InChI=1S/C18H15S.C9H14F4O2/c1-4-10-16(11-5-1)19(17-12-6-2-7-13-17)18-14-8-3-9-15-18;1-7(14)15-6-4-3-5-9(12,13)8(2,10)11/h1-15H;3-6H2,1-2H3/q+1;. The Morgan fingerprint density at radius 3 is 1.44 bits per heavy atom. The molecule has 0 aliphatic heterocycles. The normalized spacial score (nSPS) is 11.5. The fourth-order valence-corrected chi connectivity index (χ4v) is 5.07. The van der Waals surface area contributed by atoms with Gasteiger partial charge in [-0.25, -0.2) is 8.78 Å². The van der Waals surface area contributed by atoms with Crippen molar-refractivity contribution in [3.05, 3.63) is 91.0 Å². The Balaban J connectivity index is 0.000000249. The number of esters is 1. The molecule has 0 N–H and O–H groups in total. The number of ether oxygens (including phenoxy) is 1. The molecule has 34 heavy (non-hydrogen) atoms. The largest absolute Gasteiger partial charge is 0.466 e. The Hall–Kier alpha value is -2.80. The number of benzene rings is 3. The number of carbonyl (C=O) groups excluding carboxylic acids is 1. The number of halogens is 4. The summed E-state index contributed by atoms with van der Waals surface area (Å²) in [6.45, 7) is 1.37. The lowest BCUT2D eigenvalue weighted by atomic mass is 10.1. The van der Waals surface area contributed by atoms with Crippen LogP contribution in [-0.2, 0) is 20.4 Å². The van der Waals surface area contributed by atoms with Crippen LogP contribution in [0.4, 0.5) is 17.6 Å². The van der Waals surface area contributed by atoms with E-state index in [1.54, 1.807) is 0 Å². The number of hydrogen-bond acceptors (Lipinski definition) is 2. The maximum absolute atomic E-state index is 12.7. The Morgan fingerprint density at radius 1 is 0.735 bits per heavy atom. The quantitative estimate of drug-likeness (QED) is 0.132. The molecular formula is C27H29F4O2S+. The van der Waals surface area contributed by atoms with Crippen molar-refractivity contribution in [2.45, 2.75) is 59.6 Å². The van der Waals surface area contributed by atoms with Crippen LogP contribution in [0.2, 0.25) is 0 Å². The molecule has 0 saturated carbocycles. The fourth-order valence-electron chi connectivity index (χ4n) is 2.96. The first-order chi connectivity index (χ1) is 16.1. The SMILES string of the molecule is CC(=O)OCCCCC(F)(F)C(C)(F)F.c1ccc([S+](c2ccccc2)c2ccccc2)cc1. The zero-order valence-electron chi connectivity index (χ0n) is 19.2. The molecule has 0 unspecified atom stereocenters. The third-order valence-corrected chi connectivity index (χ3v) is 7.00. The molecule has 0 aliphatic rings. The zero-order valence-corrected chi connectivity index (χ0v) is 20.0. The summed E-state index contributed by atoms with van der Waals surface area (Å²) in [6.07, 6.45) is -0.854. The molecule has 0 saturated heterocycles. The summed E-state index contributed by atoms with van der Waals surface area (Å²) < 4.78 is 54.4. The molecule has 3 aromatic rings. The van der Waals surface area contributed by atoms with Gasteiger partial charge in [0.2, 0.25) is 0 Å². The summed E-state index contributed by atoms with van der Waals surface area (Å²) in [7, 11) is -0.0146. The van der Waals surface area contributed by atoms with E-state index >= 15 is 0 Å². The van der Waals surface area contributed by atoms with Crippen molar-refractivity contribution in [3.63, 3.8) is 0 Å². The molecule has 0 aliphatic carbocycles. The summed E-state index contributed by atoms with van der Waals surface area (Å²) in [6, 6.07) is 32.2. The molecule has 182 valence electrons. The van der Waals surface area contributed by atoms with E-state index in [1.165, 1.54) is 21.6 Å². The zero-order chi connectivity index (χ0) is 25.0. The fraction of sp³-hybridized carbons (Fsp3) is 0.296. The van der Waals surface area contributed by atoms with Crippen molar-refractivity contribution >= 4 is 16.9 Å². The second-order valence-corrected chi connectivity index (χ2v) is 9.66. The van der Waals surface area contributed by atoms with Gasteiger partial charge in [-0.3, -0.25) is 4.79 Å². The summed E-state index contributed by atoms with van der Waals surface area (Å²) in [5.41, 5.74) is 0. The average molecular weight is 494 g/mol. The van der Waals surface area contributed by atoms with E-state index in [0.29, 0.717) is 0 Å². The number of hydrogen-bond donors (Lipinski definition) is 0. The minimum Gasteiger partial charge on any atom is -0.466 e. The highest BCUT2D eigenvalue weighted by Crippen LogP contribution is 2.37. The third-order valence-electron chi connectivity index (χ3n) is 4.77. The molecule has 7 heteroatoms. The Labute approximate surface area is 201 Å². The summed E-state index contributed by atoms with van der Waals surface area (Å²) in [4.78, 5) is 14.4. The maximum atomic E-state index is 12.7. The minimum absolute atomic E-state index is 0.0132. The van der Waals surface area contributed by atoms with E-state index < -0.39 is 24.2 Å². The maximum Gasteiger partial charge on any atom is 0.309 e. The van der Waals surface area contributed by atoms with Gasteiger partial charge in [-0.05, 0) is 49.2 Å². The number of carbonyl (C=O) groups is 1. The smallest absolute Gasteiger partial charge is 0.309 e. The highest BCUT2D eigenvalue weighted by molar-refractivity contribution is 7.97. The lowest BCUT2D eigenvalue weighted by Crippen LogP contribution is -2.37. The van der Waals surface area contributed by atoms with E-state index in [-0.39, 0.29) is 37.3 Å². The summed E-state index contributed by atoms with van der Waals surface area (Å²) >= 11 is 0. The van der Waals surface area contributed by atoms with E-state index in [9.17, 15) is 22.4 Å². The van der Waals surface area contributed by atoms with Crippen molar-refractivity contribution < 1.29 is 27.1 Å². The second kappa shape index (κ2) is 13.2. The number of unbranched alkanes of at least 4 members (excludes halogenated alkanes) is 1. The van der Waals surface area contributed by atoms with Crippen LogP contribution < -0.4 is 0 Å². The van der Waals surface area contributed by atoms with Crippen LogP contribution in [-0.4, -0.2) is 24.4 Å². The molecule has 0 atom stereocenters. The van der Waals surface area contributed by atoms with Gasteiger partial charge in [0.15, 0.2) is 14.7 Å². The molecule has 3 aromatic carbocycles. The van der Waals surface area contributed by atoms with Gasteiger partial charge in [-0.15, -0.1) is 0 Å². The number of alkyl halides is 4. The van der Waals surface area contributed by atoms with Gasteiger partial charge in [-0.1, -0.05) is 54.6 Å². The Kier molecular flexibility index (Phi) is 10.6. The van der Waals surface area contributed by atoms with E-state index in [0.717, 1.165) is 0 Å². The third kappa shape index (κ3) is 8.86. The Bertz CT molecular complexity index is 884. The molecule has 0 spiro atoms. The van der Waals surface area contributed by atoms with Gasteiger partial charge in [0, 0.05) is 20.3 Å². The topological polar surface area (TPSA) is 26.3 Å². The van der Waals surface area contributed by atoms with Gasteiger partial charge in [0.25, 0.3) is 0 Å². The van der Waals surface area contributed by atoms with Crippen molar-refractivity contribution in [3.8, 4) is 0 Å². The van der Waals surface area contributed by atoms with Gasteiger partial charge in [0.05, 0.1) is 17.5 Å². The Morgan fingerprint density at radius 2 is 1.12 bits per heavy atom. The van der Waals surface area contributed by atoms with Crippen LogP contribution in [0.5, 0.6) is 0 Å². The predicted molar refractivity (Wildman–Crippen MR) is 128 cm³/mol. The van der Waals surface area contributed by atoms with Crippen molar-refractivity contribution in [2.75, 3.05) is 6.61 Å². The number of rotatable bonds is 9. The first-order valence-corrected chi connectivity index (χ1v) is 12.1. The summed E-state index contributed by atoms with van der Waals surface area (Å²) in [5, 5.41) is 0. The van der Waals surface area contributed by atoms with Crippen LogP contribution in [0.3, 0.4) is 0 Å². The van der Waals surface area contributed by atoms with Crippen molar-refractivity contribution in [1.82, 2.24) is 0 Å².